The number of aromatic nitrogens is 4. The number of aliphatic hydroxyl groups excluding tert-OH is 2. The number of likely N-dealkylation sites (N-methyl/N-ethyl adjacent to an activating group) is 2. The quantitative estimate of drug-likeness (QED) is 0.438. The van der Waals surface area contributed by atoms with Crippen molar-refractivity contribution in [2.24, 2.45) is 0 Å². The number of aliphatic hydroxyl groups is 2. The van der Waals surface area contributed by atoms with Gasteiger partial charge in [0.2, 0.25) is 0 Å². The van der Waals surface area contributed by atoms with Gasteiger partial charge in [-0.25, -0.2) is 4.98 Å². The van der Waals surface area contributed by atoms with Crippen molar-refractivity contribution in [2.45, 2.75) is 58.2 Å². The minimum atomic E-state index is -0.887. The molecule has 0 radical (unpaired) electrons. The van der Waals surface area contributed by atoms with Crippen LogP contribution in [0.15, 0.2) is 42.4 Å². The number of fused-ring (bicyclic) bond motifs is 4. The number of anilines is 2. The van der Waals surface area contributed by atoms with E-state index in [4.69, 9.17) is 0 Å². The molecule has 0 spiro atoms. The zero-order valence-electron chi connectivity index (χ0n) is 23.5. The van der Waals surface area contributed by atoms with Crippen LogP contribution < -0.4 is 10.2 Å². The summed E-state index contributed by atoms with van der Waals surface area (Å²) in [6.45, 7) is 3.52. The molecule has 3 aromatic rings. The Kier molecular flexibility index (Phi) is 6.44. The van der Waals surface area contributed by atoms with E-state index in [2.05, 4.69) is 38.0 Å². The van der Waals surface area contributed by atoms with Crippen LogP contribution in [0.2, 0.25) is 0 Å². The minimum Gasteiger partial charge on any atom is -0.392 e. The second-order valence-electron chi connectivity index (χ2n) is 11.5. The summed E-state index contributed by atoms with van der Waals surface area (Å²) in [5.74, 6) is 1.07. The van der Waals surface area contributed by atoms with Gasteiger partial charge in [0.15, 0.2) is 12.0 Å². The van der Waals surface area contributed by atoms with Gasteiger partial charge >= 0.3 is 0 Å². The van der Waals surface area contributed by atoms with E-state index >= 15 is 0 Å². The lowest BCUT2D eigenvalue weighted by atomic mass is 9.98. The van der Waals surface area contributed by atoms with Crippen LogP contribution in [0.25, 0.3) is 5.57 Å². The number of nitrogens with zero attached hydrogens (tertiary/aromatic N) is 7. The average Bonchev–Trinajstić information content (AvgIpc) is 3.56. The lowest BCUT2D eigenvalue weighted by Crippen LogP contribution is -2.41. The van der Waals surface area contributed by atoms with Crippen LogP contribution in [0.4, 0.5) is 11.6 Å². The number of rotatable bonds is 5. The van der Waals surface area contributed by atoms with Gasteiger partial charge < -0.3 is 25.0 Å². The number of carbonyl (C=O) groups is 1. The molecule has 1 aliphatic carbocycles. The molecule has 3 aromatic heterocycles. The lowest BCUT2D eigenvalue weighted by Gasteiger charge is -2.32. The zero-order chi connectivity index (χ0) is 28.2. The normalized spacial score (nSPS) is 20.8. The Morgan fingerprint density at radius 2 is 1.95 bits per heavy atom. The van der Waals surface area contributed by atoms with Crippen molar-refractivity contribution in [2.75, 3.05) is 37.4 Å². The smallest absolute Gasteiger partial charge is 0.276 e. The number of aryl methyl sites for hydroxylation is 1. The Balaban J connectivity index is 1.21. The zero-order valence-corrected chi connectivity index (χ0v) is 23.5. The largest absolute Gasteiger partial charge is 0.392 e. The second kappa shape index (κ2) is 10.2. The van der Waals surface area contributed by atoms with Crippen molar-refractivity contribution < 1.29 is 15.0 Å². The summed E-state index contributed by atoms with van der Waals surface area (Å²) >= 11 is 0. The topological polar surface area (TPSA) is 115 Å². The first-order valence-corrected chi connectivity index (χ1v) is 14.4. The van der Waals surface area contributed by atoms with E-state index in [9.17, 15) is 15.0 Å². The molecule has 6 heterocycles. The Hall–Kier alpha value is -3.93. The van der Waals surface area contributed by atoms with Crippen LogP contribution in [-0.2, 0) is 39.1 Å². The average molecular weight is 557 g/mol. The maximum atomic E-state index is 13.7. The van der Waals surface area contributed by atoms with E-state index in [0.29, 0.717) is 41.7 Å². The first-order valence-electron chi connectivity index (χ1n) is 14.4. The monoisotopic (exact) mass is 556 g/mol. The Bertz CT molecular complexity index is 1580. The fraction of sp³-hybridized carbons (Fsp3) is 0.433. The van der Waals surface area contributed by atoms with E-state index in [1.165, 1.54) is 11.3 Å². The fourth-order valence-electron chi connectivity index (χ4n) is 6.62. The lowest BCUT2D eigenvalue weighted by molar-refractivity contribution is 0.0878. The van der Waals surface area contributed by atoms with Crippen molar-refractivity contribution in [1.82, 2.24) is 29.1 Å². The van der Waals surface area contributed by atoms with Crippen LogP contribution >= 0.6 is 0 Å². The van der Waals surface area contributed by atoms with Gasteiger partial charge in [0, 0.05) is 68.5 Å². The molecule has 4 aliphatic rings. The Morgan fingerprint density at radius 3 is 2.80 bits per heavy atom. The molecule has 1 amide bonds. The maximum Gasteiger partial charge on any atom is 0.276 e. The van der Waals surface area contributed by atoms with Gasteiger partial charge in [-0.1, -0.05) is 0 Å². The van der Waals surface area contributed by atoms with Crippen LogP contribution in [0.5, 0.6) is 0 Å². The third-order valence-electron chi connectivity index (χ3n) is 8.76. The standard InChI is InChI=1S/C30H36N8O3/c1-34-9-12-38-21(17-34)15-27(33-38)32-24-13-20(16-35(2)29(24)40)22-7-8-31-28(23(22)18-39)37-11-10-36-25-6-4-3-5-19(25)14-26(36)30(37)41/h7-8,13-16,29,39-40H,3-6,9-12,17-18H2,1-2H3,(H,32,33). The van der Waals surface area contributed by atoms with E-state index < -0.39 is 6.23 Å². The number of amides is 1. The molecule has 0 saturated heterocycles. The number of nitrogens with one attached hydrogen (secondary N) is 1. The molecule has 1 atom stereocenters. The SMILES string of the molecule is CN1CCn2nc(NC3=CC(c4ccnc(N5CCn6c(cc7c6CCCC7)C5=O)c4CO)=CN(C)C3O)cc2C1. The summed E-state index contributed by atoms with van der Waals surface area (Å²) in [5, 5.41) is 29.6. The van der Waals surface area contributed by atoms with Crippen LogP contribution in [0, 0.1) is 0 Å². The van der Waals surface area contributed by atoms with Crippen molar-refractivity contribution in [1.29, 1.82) is 0 Å². The molecular weight excluding hydrogens is 520 g/mol. The number of hydrogen-bond donors (Lipinski definition) is 3. The summed E-state index contributed by atoms with van der Waals surface area (Å²) in [5.41, 5.74) is 7.12. The Labute approximate surface area is 239 Å². The van der Waals surface area contributed by atoms with Gasteiger partial charge in [0.25, 0.3) is 5.91 Å². The molecule has 7 rings (SSSR count). The van der Waals surface area contributed by atoms with Crippen molar-refractivity contribution in [3.63, 3.8) is 0 Å². The highest BCUT2D eigenvalue weighted by Crippen LogP contribution is 2.35. The summed E-state index contributed by atoms with van der Waals surface area (Å²) < 4.78 is 4.18. The molecule has 11 nitrogen and oxygen atoms in total. The maximum absolute atomic E-state index is 13.7. The molecule has 3 aliphatic heterocycles. The second-order valence-corrected chi connectivity index (χ2v) is 11.5. The molecule has 0 saturated carbocycles. The summed E-state index contributed by atoms with van der Waals surface area (Å²) in [4.78, 5) is 24.0. The van der Waals surface area contributed by atoms with Crippen LogP contribution in [-0.4, -0.2) is 78.7 Å². The highest BCUT2D eigenvalue weighted by atomic mass is 16.3. The number of allylic oxidation sites excluding steroid dienone is 2. The molecular formula is C30H36N8O3. The van der Waals surface area contributed by atoms with Gasteiger partial charge in [-0.3, -0.25) is 19.3 Å². The first-order chi connectivity index (χ1) is 19.9. The summed E-state index contributed by atoms with van der Waals surface area (Å²) in [7, 11) is 3.89. The predicted molar refractivity (Wildman–Crippen MR) is 155 cm³/mol. The van der Waals surface area contributed by atoms with E-state index in [-0.39, 0.29) is 12.5 Å². The van der Waals surface area contributed by atoms with Crippen LogP contribution in [0.1, 0.15) is 51.4 Å². The number of hydrogen-bond acceptors (Lipinski definition) is 8. The number of pyridine rings is 1. The van der Waals surface area contributed by atoms with E-state index in [1.54, 1.807) is 23.0 Å². The summed E-state index contributed by atoms with van der Waals surface area (Å²) in [6.07, 6.45) is 8.89. The predicted octanol–water partition coefficient (Wildman–Crippen LogP) is 2.16. The number of carbonyl (C=O) groups excluding carboxylic acids is 1. The molecule has 0 bridgehead atoms. The third-order valence-corrected chi connectivity index (χ3v) is 8.76. The highest BCUT2D eigenvalue weighted by Gasteiger charge is 2.33. The molecule has 11 heteroatoms. The molecule has 1 unspecified atom stereocenters. The van der Waals surface area contributed by atoms with Gasteiger partial charge in [0.05, 0.1) is 24.5 Å². The highest BCUT2D eigenvalue weighted by molar-refractivity contribution is 6.06. The van der Waals surface area contributed by atoms with Crippen LogP contribution in [0.3, 0.4) is 0 Å². The molecule has 214 valence electrons. The fourth-order valence-corrected chi connectivity index (χ4v) is 6.62. The molecule has 41 heavy (non-hydrogen) atoms. The van der Waals surface area contributed by atoms with Crippen molar-refractivity contribution in [3.8, 4) is 0 Å². The summed E-state index contributed by atoms with van der Waals surface area (Å²) in [6, 6.07) is 5.92. The van der Waals surface area contributed by atoms with Crippen molar-refractivity contribution in [3.05, 3.63) is 76.1 Å². The van der Waals surface area contributed by atoms with Gasteiger partial charge in [-0.15, -0.1) is 0 Å². The Morgan fingerprint density at radius 1 is 1.10 bits per heavy atom. The van der Waals surface area contributed by atoms with Gasteiger partial charge in [0.1, 0.15) is 11.5 Å². The molecule has 0 aromatic carbocycles. The minimum absolute atomic E-state index is 0.0811. The van der Waals surface area contributed by atoms with Gasteiger partial charge in [-0.05, 0) is 62.1 Å². The van der Waals surface area contributed by atoms with Gasteiger partial charge in [-0.2, -0.15) is 5.10 Å². The molecule has 0 fully saturated rings. The van der Waals surface area contributed by atoms with Crippen molar-refractivity contribution >= 4 is 23.1 Å². The van der Waals surface area contributed by atoms with E-state index in [0.717, 1.165) is 62.1 Å². The van der Waals surface area contributed by atoms with E-state index in [1.807, 2.05) is 29.1 Å². The molecule has 3 N–H and O–H groups in total. The first kappa shape index (κ1) is 26.0. The third kappa shape index (κ3) is 4.44.